The monoisotopic (exact) mass is 405 g/mol. The first-order chi connectivity index (χ1) is 13.4. The van der Waals surface area contributed by atoms with Crippen LogP contribution in [-0.2, 0) is 16.1 Å². The van der Waals surface area contributed by atoms with Gasteiger partial charge in [-0.2, -0.15) is 0 Å². The van der Waals surface area contributed by atoms with E-state index in [0.717, 1.165) is 5.56 Å². The van der Waals surface area contributed by atoms with Crippen molar-refractivity contribution in [2.24, 2.45) is 0 Å². The van der Waals surface area contributed by atoms with Crippen LogP contribution >= 0.6 is 11.6 Å². The number of nitrogens with zero attached hydrogens (tertiary/aromatic N) is 1. The number of carbonyl (C=O) groups is 2. The average molecular weight is 406 g/mol. The van der Waals surface area contributed by atoms with Crippen molar-refractivity contribution in [1.82, 2.24) is 4.90 Å². The zero-order valence-corrected chi connectivity index (χ0v) is 17.2. The number of carbonyl (C=O) groups excluding carboxylic acids is 2. The van der Waals surface area contributed by atoms with Gasteiger partial charge in [-0.15, -0.1) is 0 Å². The quantitative estimate of drug-likeness (QED) is 0.622. The molecule has 0 fully saturated rings. The van der Waals surface area contributed by atoms with Gasteiger partial charge in [-0.25, -0.2) is 4.79 Å². The fraction of sp³-hybridized carbons (Fsp3) is 0.333. The lowest BCUT2D eigenvalue weighted by molar-refractivity contribution is -0.139. The summed E-state index contributed by atoms with van der Waals surface area (Å²) in [6.07, 6.45) is -0.947. The second-order valence-electron chi connectivity index (χ2n) is 6.15. The zero-order chi connectivity index (χ0) is 20.7. The highest BCUT2D eigenvalue weighted by molar-refractivity contribution is 6.32. The number of hydrogen-bond acceptors (Lipinski definition) is 5. The normalized spacial score (nSPS) is 11.5. The molecule has 0 heterocycles. The SMILES string of the molecule is CCOc1c(Cl)cc(C(=O)O[C@H](C)C(=O)N(C)Cc2ccccc2)cc1OC. The molecular formula is C21H24ClNO5. The van der Waals surface area contributed by atoms with E-state index >= 15 is 0 Å². The van der Waals surface area contributed by atoms with Crippen LogP contribution in [0, 0.1) is 0 Å². The average Bonchev–Trinajstić information content (AvgIpc) is 2.69. The Bertz CT molecular complexity index is 825. The van der Waals surface area contributed by atoms with Crippen molar-refractivity contribution in [3.05, 3.63) is 58.6 Å². The van der Waals surface area contributed by atoms with E-state index in [1.54, 1.807) is 7.05 Å². The van der Waals surface area contributed by atoms with Crippen LogP contribution in [0.5, 0.6) is 11.5 Å². The molecule has 7 heteroatoms. The van der Waals surface area contributed by atoms with Gasteiger partial charge in [0.2, 0.25) is 0 Å². The van der Waals surface area contributed by atoms with Crippen molar-refractivity contribution in [2.75, 3.05) is 20.8 Å². The summed E-state index contributed by atoms with van der Waals surface area (Å²) < 4.78 is 16.0. The molecule has 2 rings (SSSR count). The van der Waals surface area contributed by atoms with E-state index in [1.165, 1.54) is 31.1 Å². The Morgan fingerprint density at radius 3 is 2.46 bits per heavy atom. The summed E-state index contributed by atoms with van der Waals surface area (Å²) in [5.41, 5.74) is 1.16. The Morgan fingerprint density at radius 2 is 1.86 bits per heavy atom. The predicted molar refractivity (Wildman–Crippen MR) is 107 cm³/mol. The molecule has 150 valence electrons. The molecule has 0 aliphatic rings. The molecule has 0 saturated carbocycles. The summed E-state index contributed by atoms with van der Waals surface area (Å²) in [6.45, 7) is 4.18. The van der Waals surface area contributed by atoms with Crippen LogP contribution in [0.2, 0.25) is 5.02 Å². The summed E-state index contributed by atoms with van der Waals surface area (Å²) in [5.74, 6) is -0.296. The van der Waals surface area contributed by atoms with Gasteiger partial charge in [0.1, 0.15) is 0 Å². The highest BCUT2D eigenvalue weighted by Gasteiger charge is 2.24. The van der Waals surface area contributed by atoms with Crippen LogP contribution in [0.15, 0.2) is 42.5 Å². The lowest BCUT2D eigenvalue weighted by atomic mass is 10.2. The number of likely N-dealkylation sites (N-methyl/N-ethyl adjacent to an activating group) is 1. The van der Waals surface area contributed by atoms with Gasteiger partial charge in [0, 0.05) is 13.6 Å². The van der Waals surface area contributed by atoms with E-state index in [9.17, 15) is 9.59 Å². The smallest absolute Gasteiger partial charge is 0.339 e. The van der Waals surface area contributed by atoms with Crippen molar-refractivity contribution in [3.8, 4) is 11.5 Å². The fourth-order valence-electron chi connectivity index (χ4n) is 2.65. The summed E-state index contributed by atoms with van der Waals surface area (Å²) in [5, 5.41) is 0.230. The third kappa shape index (κ3) is 5.39. The molecule has 0 N–H and O–H groups in total. The molecule has 0 unspecified atom stereocenters. The molecule has 0 aliphatic carbocycles. The van der Waals surface area contributed by atoms with Crippen molar-refractivity contribution in [1.29, 1.82) is 0 Å². The number of methoxy groups -OCH3 is 1. The number of hydrogen-bond donors (Lipinski definition) is 0. The Morgan fingerprint density at radius 1 is 1.18 bits per heavy atom. The molecule has 2 aromatic carbocycles. The Balaban J connectivity index is 2.07. The largest absolute Gasteiger partial charge is 0.493 e. The van der Waals surface area contributed by atoms with E-state index < -0.39 is 12.1 Å². The van der Waals surface area contributed by atoms with Gasteiger partial charge in [0.25, 0.3) is 5.91 Å². The summed E-state index contributed by atoms with van der Waals surface area (Å²) in [7, 11) is 3.12. The first-order valence-corrected chi connectivity index (χ1v) is 9.25. The predicted octanol–water partition coefficient (Wildman–Crippen LogP) is 3.95. The van der Waals surface area contributed by atoms with Crippen molar-refractivity contribution in [3.63, 3.8) is 0 Å². The van der Waals surface area contributed by atoms with Crippen LogP contribution in [-0.4, -0.2) is 43.6 Å². The number of rotatable bonds is 8. The molecule has 1 amide bonds. The van der Waals surface area contributed by atoms with E-state index in [0.29, 0.717) is 24.7 Å². The first-order valence-electron chi connectivity index (χ1n) is 8.87. The molecule has 2 aromatic rings. The molecule has 28 heavy (non-hydrogen) atoms. The molecule has 0 aromatic heterocycles. The number of halogens is 1. The van der Waals surface area contributed by atoms with Gasteiger partial charge in [-0.3, -0.25) is 4.79 Å². The fourth-order valence-corrected chi connectivity index (χ4v) is 2.91. The van der Waals surface area contributed by atoms with E-state index in [2.05, 4.69) is 0 Å². The highest BCUT2D eigenvalue weighted by Crippen LogP contribution is 2.36. The molecule has 0 spiro atoms. The lowest BCUT2D eigenvalue weighted by Gasteiger charge is -2.22. The van der Waals surface area contributed by atoms with Crippen molar-refractivity contribution >= 4 is 23.5 Å². The third-order valence-corrected chi connectivity index (χ3v) is 4.30. The molecule has 0 radical (unpaired) electrons. The maximum absolute atomic E-state index is 12.5. The van der Waals surface area contributed by atoms with Gasteiger partial charge in [-0.1, -0.05) is 41.9 Å². The van der Waals surface area contributed by atoms with E-state index in [-0.39, 0.29) is 16.5 Å². The topological polar surface area (TPSA) is 65.1 Å². The molecule has 6 nitrogen and oxygen atoms in total. The summed E-state index contributed by atoms with van der Waals surface area (Å²) in [6, 6.07) is 12.5. The van der Waals surface area contributed by atoms with Crippen LogP contribution in [0.25, 0.3) is 0 Å². The minimum absolute atomic E-state index is 0.177. The number of amides is 1. The first kappa shape index (κ1) is 21.6. The minimum atomic E-state index is -0.947. The highest BCUT2D eigenvalue weighted by atomic mass is 35.5. The van der Waals surface area contributed by atoms with Gasteiger partial charge in [0.15, 0.2) is 17.6 Å². The van der Waals surface area contributed by atoms with Gasteiger partial charge in [0.05, 0.1) is 24.3 Å². The van der Waals surface area contributed by atoms with Crippen LogP contribution in [0.3, 0.4) is 0 Å². The van der Waals surface area contributed by atoms with E-state index in [1.807, 2.05) is 37.3 Å². The van der Waals surface area contributed by atoms with E-state index in [4.69, 9.17) is 25.8 Å². The number of ether oxygens (including phenoxy) is 3. The number of benzene rings is 2. The lowest BCUT2D eigenvalue weighted by Crippen LogP contribution is -2.37. The standard InChI is InChI=1S/C21H24ClNO5/c1-5-27-19-17(22)11-16(12-18(19)26-4)21(25)28-14(2)20(24)23(3)13-15-9-7-6-8-10-15/h6-12,14H,5,13H2,1-4H3/t14-/m1/s1. The van der Waals surface area contributed by atoms with Gasteiger partial charge < -0.3 is 19.1 Å². The molecule has 0 saturated heterocycles. The van der Waals surface area contributed by atoms with Gasteiger partial charge in [-0.05, 0) is 31.5 Å². The zero-order valence-electron chi connectivity index (χ0n) is 16.4. The molecule has 0 aliphatic heterocycles. The van der Waals surface area contributed by atoms with Crippen molar-refractivity contribution < 1.29 is 23.8 Å². The van der Waals surface area contributed by atoms with Crippen molar-refractivity contribution in [2.45, 2.75) is 26.5 Å². The Kier molecular flexibility index (Phi) is 7.70. The Hall–Kier alpha value is -2.73. The maximum Gasteiger partial charge on any atom is 0.339 e. The van der Waals surface area contributed by atoms with Crippen LogP contribution < -0.4 is 9.47 Å². The summed E-state index contributed by atoms with van der Waals surface area (Å²) >= 11 is 6.19. The van der Waals surface area contributed by atoms with Crippen LogP contribution in [0.4, 0.5) is 0 Å². The molecule has 1 atom stereocenters. The second-order valence-corrected chi connectivity index (χ2v) is 6.56. The van der Waals surface area contributed by atoms with Crippen LogP contribution in [0.1, 0.15) is 29.8 Å². The van der Waals surface area contributed by atoms with Gasteiger partial charge >= 0.3 is 5.97 Å². The minimum Gasteiger partial charge on any atom is -0.493 e. The maximum atomic E-state index is 12.5. The summed E-state index contributed by atoms with van der Waals surface area (Å²) in [4.78, 5) is 26.5. The molecule has 0 bridgehead atoms. The number of esters is 1. The Labute approximate surface area is 169 Å². The molecular weight excluding hydrogens is 382 g/mol. The second kappa shape index (κ2) is 9.99. The third-order valence-electron chi connectivity index (χ3n) is 4.02.